The number of nitrogens with zero attached hydrogens (tertiary/aromatic N) is 4. The zero-order chi connectivity index (χ0) is 19.8. The van der Waals surface area contributed by atoms with Gasteiger partial charge in [-0.2, -0.15) is 5.11 Å². The number of carbonyl (C=O) groups is 3. The number of rotatable bonds is 4. The van der Waals surface area contributed by atoms with E-state index in [1.54, 1.807) is 24.3 Å². The Kier molecular flexibility index (Phi) is 4.52. The van der Waals surface area contributed by atoms with Gasteiger partial charge < -0.3 is 5.32 Å². The van der Waals surface area contributed by atoms with Gasteiger partial charge in [0.2, 0.25) is 5.91 Å². The second-order valence-corrected chi connectivity index (χ2v) is 6.62. The Morgan fingerprint density at radius 2 is 1.93 bits per heavy atom. The van der Waals surface area contributed by atoms with Crippen molar-refractivity contribution >= 4 is 40.7 Å². The molecule has 1 N–H and O–H groups in total. The first-order chi connectivity index (χ1) is 13.5. The van der Waals surface area contributed by atoms with Crippen LogP contribution in [0.25, 0.3) is 0 Å². The maximum Gasteiger partial charge on any atom is 0.263 e. The highest BCUT2D eigenvalue weighted by Crippen LogP contribution is 2.32. The van der Waals surface area contributed by atoms with Crippen molar-refractivity contribution in [1.29, 1.82) is 0 Å². The predicted molar refractivity (Wildman–Crippen MR) is 98.1 cm³/mol. The van der Waals surface area contributed by atoms with Crippen molar-refractivity contribution < 1.29 is 18.8 Å². The molecule has 0 aromatic heterocycles. The molecule has 0 saturated carbocycles. The number of hydrogen-bond donors (Lipinski definition) is 1. The van der Waals surface area contributed by atoms with Gasteiger partial charge in [-0.05, 0) is 30.3 Å². The number of imide groups is 1. The third-order valence-corrected chi connectivity index (χ3v) is 4.71. The molecule has 2 atom stereocenters. The minimum atomic E-state index is -1.07. The Bertz CT molecular complexity index is 1010. The van der Waals surface area contributed by atoms with Crippen molar-refractivity contribution in [3.63, 3.8) is 0 Å². The van der Waals surface area contributed by atoms with Gasteiger partial charge in [0.1, 0.15) is 12.4 Å². The minimum absolute atomic E-state index is 0.111. The molecular formula is C18H13ClFN5O3. The molecule has 2 aromatic rings. The number of carbonyl (C=O) groups excluding carboxylic acids is 3. The van der Waals surface area contributed by atoms with Crippen LogP contribution >= 0.6 is 11.6 Å². The van der Waals surface area contributed by atoms with E-state index < -0.39 is 35.6 Å². The van der Waals surface area contributed by atoms with Crippen LogP contribution in [0.15, 0.2) is 58.9 Å². The summed E-state index contributed by atoms with van der Waals surface area (Å²) in [7, 11) is 0. The average molecular weight is 402 g/mol. The number of hydrogen-bond acceptors (Lipinski definition) is 6. The summed E-state index contributed by atoms with van der Waals surface area (Å²) in [6.07, 6.45) is 0. The summed E-state index contributed by atoms with van der Waals surface area (Å²) in [4.78, 5) is 38.5. The van der Waals surface area contributed by atoms with Crippen LogP contribution in [0.4, 0.5) is 15.8 Å². The van der Waals surface area contributed by atoms with Crippen molar-refractivity contribution in [2.75, 3.05) is 16.8 Å². The molecule has 2 heterocycles. The Balaban J connectivity index is 1.50. The fourth-order valence-corrected chi connectivity index (χ4v) is 3.31. The van der Waals surface area contributed by atoms with E-state index in [0.29, 0.717) is 10.7 Å². The van der Waals surface area contributed by atoms with Crippen LogP contribution in [0, 0.1) is 5.82 Å². The average Bonchev–Trinajstić information content (AvgIpc) is 3.17. The summed E-state index contributed by atoms with van der Waals surface area (Å²) in [6, 6.07) is 9.72. The maximum absolute atomic E-state index is 13.5. The Morgan fingerprint density at radius 1 is 1.14 bits per heavy atom. The van der Waals surface area contributed by atoms with E-state index in [9.17, 15) is 18.8 Å². The van der Waals surface area contributed by atoms with Gasteiger partial charge in [0.25, 0.3) is 11.8 Å². The molecule has 1 fully saturated rings. The zero-order valence-corrected chi connectivity index (χ0v) is 15.0. The number of benzene rings is 2. The molecule has 28 heavy (non-hydrogen) atoms. The number of para-hydroxylation sites is 1. The van der Waals surface area contributed by atoms with Gasteiger partial charge in [-0.15, -0.1) is 0 Å². The van der Waals surface area contributed by atoms with E-state index in [0.717, 1.165) is 16.0 Å². The van der Waals surface area contributed by atoms with E-state index in [1.807, 2.05) is 0 Å². The van der Waals surface area contributed by atoms with Crippen molar-refractivity contribution in [3.8, 4) is 0 Å². The van der Waals surface area contributed by atoms with Gasteiger partial charge in [-0.1, -0.05) is 35.0 Å². The molecule has 10 heteroatoms. The zero-order valence-electron chi connectivity index (χ0n) is 14.3. The fourth-order valence-electron chi connectivity index (χ4n) is 3.12. The molecule has 8 nitrogen and oxygen atoms in total. The summed E-state index contributed by atoms with van der Waals surface area (Å²) in [6.45, 7) is -0.300. The molecule has 0 aliphatic carbocycles. The van der Waals surface area contributed by atoms with Crippen LogP contribution in [0.5, 0.6) is 0 Å². The van der Waals surface area contributed by atoms with E-state index >= 15 is 0 Å². The number of fused-ring (bicyclic) bond motifs is 1. The molecule has 0 spiro atoms. The van der Waals surface area contributed by atoms with Gasteiger partial charge in [-0.3, -0.25) is 19.4 Å². The number of anilines is 2. The molecule has 1 saturated heterocycles. The van der Waals surface area contributed by atoms with Gasteiger partial charge in [0, 0.05) is 0 Å². The van der Waals surface area contributed by atoms with Gasteiger partial charge in [0.05, 0.1) is 16.4 Å². The molecule has 0 radical (unpaired) electrons. The van der Waals surface area contributed by atoms with Crippen molar-refractivity contribution in [1.82, 2.24) is 5.01 Å². The Labute approximate surface area is 163 Å². The largest absolute Gasteiger partial charge is 0.323 e. The summed E-state index contributed by atoms with van der Waals surface area (Å²) >= 11 is 6.01. The second-order valence-electron chi connectivity index (χ2n) is 6.21. The third kappa shape index (κ3) is 3.09. The van der Waals surface area contributed by atoms with Crippen LogP contribution in [0.3, 0.4) is 0 Å². The molecule has 4 rings (SSSR count). The van der Waals surface area contributed by atoms with E-state index in [2.05, 4.69) is 15.7 Å². The van der Waals surface area contributed by atoms with E-state index in [-0.39, 0.29) is 12.2 Å². The highest BCUT2D eigenvalue weighted by molar-refractivity contribution is 6.33. The van der Waals surface area contributed by atoms with Crippen LogP contribution in [0.2, 0.25) is 5.02 Å². The van der Waals surface area contributed by atoms with E-state index in [4.69, 9.17) is 11.6 Å². The predicted octanol–water partition coefficient (Wildman–Crippen LogP) is 2.41. The quantitative estimate of drug-likeness (QED) is 0.796. The van der Waals surface area contributed by atoms with Crippen LogP contribution < -0.4 is 10.2 Å². The van der Waals surface area contributed by atoms with E-state index in [1.165, 1.54) is 18.2 Å². The molecule has 2 aliphatic heterocycles. The van der Waals surface area contributed by atoms with Crippen molar-refractivity contribution in [2.24, 2.45) is 10.3 Å². The SMILES string of the molecule is O=C(CN1N=N[C@H]2C(=O)N(c3cccc(F)c3)C(=O)[C@@H]21)Nc1ccccc1Cl. The molecule has 0 bridgehead atoms. The molecular weight excluding hydrogens is 389 g/mol. The monoisotopic (exact) mass is 401 g/mol. The molecule has 2 aliphatic rings. The van der Waals surface area contributed by atoms with Crippen molar-refractivity contribution in [2.45, 2.75) is 12.1 Å². The summed E-state index contributed by atoms with van der Waals surface area (Å²) in [5.74, 6) is -2.28. The fraction of sp³-hybridized carbons (Fsp3) is 0.167. The smallest absolute Gasteiger partial charge is 0.263 e. The molecule has 142 valence electrons. The summed E-state index contributed by atoms with van der Waals surface area (Å²) in [5.41, 5.74) is 0.525. The first-order valence-corrected chi connectivity index (χ1v) is 8.68. The Hall–Kier alpha value is -3.33. The lowest BCUT2D eigenvalue weighted by atomic mass is 10.1. The first kappa shape index (κ1) is 18.1. The van der Waals surface area contributed by atoms with Crippen molar-refractivity contribution in [3.05, 3.63) is 59.4 Å². The first-order valence-electron chi connectivity index (χ1n) is 8.31. The lowest BCUT2D eigenvalue weighted by Crippen LogP contribution is -2.43. The van der Waals surface area contributed by atoms with Crippen LogP contribution in [-0.4, -0.2) is 41.4 Å². The summed E-state index contributed by atoms with van der Waals surface area (Å²) in [5, 5.41) is 11.7. The van der Waals surface area contributed by atoms with Crippen LogP contribution in [-0.2, 0) is 14.4 Å². The lowest BCUT2D eigenvalue weighted by Gasteiger charge is -2.20. The maximum atomic E-state index is 13.5. The highest BCUT2D eigenvalue weighted by atomic mass is 35.5. The lowest BCUT2D eigenvalue weighted by molar-refractivity contribution is -0.123. The molecule has 2 aromatic carbocycles. The normalized spacial score (nSPS) is 20.6. The van der Waals surface area contributed by atoms with Crippen LogP contribution in [0.1, 0.15) is 0 Å². The number of nitrogens with one attached hydrogen (secondary N) is 1. The highest BCUT2D eigenvalue weighted by Gasteiger charge is 2.55. The number of amides is 3. The third-order valence-electron chi connectivity index (χ3n) is 4.38. The topological polar surface area (TPSA) is 94.4 Å². The minimum Gasteiger partial charge on any atom is -0.323 e. The molecule has 3 amide bonds. The second kappa shape index (κ2) is 7.01. The van der Waals surface area contributed by atoms with Gasteiger partial charge >= 0.3 is 0 Å². The molecule has 0 unspecified atom stereocenters. The van der Waals surface area contributed by atoms with Gasteiger partial charge in [0.15, 0.2) is 12.1 Å². The summed E-state index contributed by atoms with van der Waals surface area (Å²) < 4.78 is 13.5. The Morgan fingerprint density at radius 3 is 2.68 bits per heavy atom. The standard InChI is InChI=1S/C18H13ClFN5O3/c19-12-6-1-2-7-13(12)21-14(26)9-24-16-15(22-23-24)17(27)25(18(16)28)11-5-3-4-10(20)8-11/h1-8,15-16H,9H2,(H,21,26)/t15-,16-/m1/s1. The van der Waals surface area contributed by atoms with Gasteiger partial charge in [-0.25, -0.2) is 9.29 Å². The number of halogens is 2.